The molecule has 3 N–H and O–H groups in total. The number of amides is 2. The maximum Gasteiger partial charge on any atom is 0.319 e. The summed E-state index contributed by atoms with van der Waals surface area (Å²) in [6, 6.07) is 16.6. The molecule has 0 unspecified atom stereocenters. The van der Waals surface area contributed by atoms with Gasteiger partial charge < -0.3 is 20.7 Å². The van der Waals surface area contributed by atoms with Crippen LogP contribution in [0.25, 0.3) is 0 Å². The summed E-state index contributed by atoms with van der Waals surface area (Å²) in [6.07, 6.45) is 2.57. The summed E-state index contributed by atoms with van der Waals surface area (Å²) in [5, 5.41) is 16.8. The fourth-order valence-electron chi connectivity index (χ4n) is 3.20. The van der Waals surface area contributed by atoms with Crippen molar-refractivity contribution in [1.29, 1.82) is 0 Å². The number of fused-ring (bicyclic) bond motifs is 1. The number of hydrogen-bond donors (Lipinski definition) is 3. The highest BCUT2D eigenvalue weighted by atomic mass is 16.5. The van der Waals surface area contributed by atoms with Gasteiger partial charge in [-0.2, -0.15) is 5.10 Å². The standard InChI is InChI=1S/C21H21N5O2/c27-21(23-14-16-4-1-3-15-13-22-12-10-19(15)16)25-17-6-8-18(9-7-17)28-20-5-2-11-24-26-20/h1-9,11,22H,10,12-14H2,(H2,23,25,27). The van der Waals surface area contributed by atoms with E-state index in [1.807, 2.05) is 6.07 Å². The third-order valence-electron chi connectivity index (χ3n) is 4.56. The Balaban J connectivity index is 1.32. The minimum Gasteiger partial charge on any atom is -0.438 e. The second-order valence-electron chi connectivity index (χ2n) is 6.48. The Morgan fingerprint density at radius 3 is 2.82 bits per heavy atom. The zero-order valence-corrected chi connectivity index (χ0v) is 15.3. The van der Waals surface area contributed by atoms with Gasteiger partial charge in [-0.3, -0.25) is 0 Å². The van der Waals surface area contributed by atoms with E-state index in [1.54, 1.807) is 42.6 Å². The summed E-state index contributed by atoms with van der Waals surface area (Å²) in [6.45, 7) is 2.36. The monoisotopic (exact) mass is 375 g/mol. The van der Waals surface area contributed by atoms with E-state index in [0.29, 0.717) is 23.9 Å². The van der Waals surface area contributed by atoms with E-state index in [0.717, 1.165) is 19.5 Å². The molecule has 0 aliphatic carbocycles. The number of nitrogens with one attached hydrogen (secondary N) is 3. The van der Waals surface area contributed by atoms with E-state index < -0.39 is 0 Å². The quantitative estimate of drug-likeness (QED) is 0.637. The Morgan fingerprint density at radius 1 is 1.11 bits per heavy atom. The van der Waals surface area contributed by atoms with Crippen LogP contribution >= 0.6 is 0 Å². The summed E-state index contributed by atoms with van der Waals surface area (Å²) in [4.78, 5) is 12.2. The van der Waals surface area contributed by atoms with E-state index in [4.69, 9.17) is 4.74 Å². The van der Waals surface area contributed by atoms with Gasteiger partial charge in [0.1, 0.15) is 5.75 Å². The molecule has 0 saturated heterocycles. The van der Waals surface area contributed by atoms with E-state index in [9.17, 15) is 4.79 Å². The van der Waals surface area contributed by atoms with Gasteiger partial charge in [0, 0.05) is 31.0 Å². The average molecular weight is 375 g/mol. The lowest BCUT2D eigenvalue weighted by atomic mass is 9.95. The third kappa shape index (κ3) is 4.44. The van der Waals surface area contributed by atoms with Gasteiger partial charge in [-0.05, 0) is 60.0 Å². The van der Waals surface area contributed by atoms with Gasteiger partial charge in [0.25, 0.3) is 0 Å². The van der Waals surface area contributed by atoms with Crippen LogP contribution < -0.4 is 20.7 Å². The van der Waals surface area contributed by atoms with Crippen LogP contribution in [0.2, 0.25) is 0 Å². The smallest absolute Gasteiger partial charge is 0.319 e. The molecular weight excluding hydrogens is 354 g/mol. The van der Waals surface area contributed by atoms with Gasteiger partial charge in [0.15, 0.2) is 0 Å². The Morgan fingerprint density at radius 2 is 2.00 bits per heavy atom. The molecule has 0 fully saturated rings. The second-order valence-corrected chi connectivity index (χ2v) is 6.48. The fourth-order valence-corrected chi connectivity index (χ4v) is 3.20. The minimum atomic E-state index is -0.242. The number of rotatable bonds is 5. The molecule has 1 aromatic heterocycles. The number of urea groups is 1. The predicted octanol–water partition coefficient (Wildman–Crippen LogP) is 3.24. The van der Waals surface area contributed by atoms with Crippen molar-refractivity contribution >= 4 is 11.7 Å². The van der Waals surface area contributed by atoms with Crippen molar-refractivity contribution in [3.05, 3.63) is 77.5 Å². The van der Waals surface area contributed by atoms with Gasteiger partial charge >= 0.3 is 6.03 Å². The van der Waals surface area contributed by atoms with Crippen molar-refractivity contribution in [2.75, 3.05) is 11.9 Å². The van der Waals surface area contributed by atoms with Crippen LogP contribution in [-0.4, -0.2) is 22.8 Å². The summed E-state index contributed by atoms with van der Waals surface area (Å²) >= 11 is 0. The van der Waals surface area contributed by atoms with E-state index in [1.165, 1.54) is 16.7 Å². The Hall–Kier alpha value is -3.45. The number of anilines is 1. The molecule has 2 aromatic carbocycles. The fraction of sp³-hybridized carbons (Fsp3) is 0.190. The number of carbonyl (C=O) groups excluding carboxylic acids is 1. The highest BCUT2D eigenvalue weighted by molar-refractivity contribution is 5.89. The Kier molecular flexibility index (Phi) is 5.44. The van der Waals surface area contributed by atoms with Crippen LogP contribution in [0, 0.1) is 0 Å². The second kappa shape index (κ2) is 8.49. The van der Waals surface area contributed by atoms with Crippen molar-refractivity contribution in [3.63, 3.8) is 0 Å². The van der Waals surface area contributed by atoms with E-state index >= 15 is 0 Å². The van der Waals surface area contributed by atoms with Crippen molar-refractivity contribution in [2.24, 2.45) is 0 Å². The first-order chi connectivity index (χ1) is 13.8. The molecule has 7 heteroatoms. The topological polar surface area (TPSA) is 88.2 Å². The third-order valence-corrected chi connectivity index (χ3v) is 4.56. The highest BCUT2D eigenvalue weighted by Crippen LogP contribution is 2.21. The lowest BCUT2D eigenvalue weighted by molar-refractivity contribution is 0.251. The number of carbonyl (C=O) groups is 1. The first-order valence-electron chi connectivity index (χ1n) is 9.19. The molecule has 3 aromatic rings. The minimum absolute atomic E-state index is 0.242. The highest BCUT2D eigenvalue weighted by Gasteiger charge is 2.13. The molecule has 0 radical (unpaired) electrons. The molecule has 0 saturated carbocycles. The number of aromatic nitrogens is 2. The van der Waals surface area contributed by atoms with Gasteiger partial charge in [-0.1, -0.05) is 18.2 Å². The summed E-state index contributed by atoms with van der Waals surface area (Å²) in [5.74, 6) is 1.04. The number of nitrogens with zero attached hydrogens (tertiary/aromatic N) is 2. The normalized spacial score (nSPS) is 12.7. The summed E-state index contributed by atoms with van der Waals surface area (Å²) < 4.78 is 5.59. The molecule has 1 aliphatic heterocycles. The molecule has 4 rings (SSSR count). The predicted molar refractivity (Wildman–Crippen MR) is 106 cm³/mol. The van der Waals surface area contributed by atoms with Crippen LogP contribution in [0.1, 0.15) is 16.7 Å². The lowest BCUT2D eigenvalue weighted by Crippen LogP contribution is -2.30. The van der Waals surface area contributed by atoms with Gasteiger partial charge in [0.2, 0.25) is 5.88 Å². The van der Waals surface area contributed by atoms with Crippen LogP contribution in [0.15, 0.2) is 60.8 Å². The van der Waals surface area contributed by atoms with E-state index in [2.05, 4.69) is 38.3 Å². The summed E-state index contributed by atoms with van der Waals surface area (Å²) in [5.41, 5.74) is 4.50. The first-order valence-corrected chi connectivity index (χ1v) is 9.19. The van der Waals surface area contributed by atoms with Gasteiger partial charge in [-0.15, -0.1) is 5.10 Å². The molecule has 2 amide bonds. The zero-order valence-electron chi connectivity index (χ0n) is 15.3. The number of hydrogen-bond acceptors (Lipinski definition) is 5. The molecule has 28 heavy (non-hydrogen) atoms. The molecule has 1 aliphatic rings. The number of ether oxygens (including phenoxy) is 1. The van der Waals surface area contributed by atoms with Crippen molar-refractivity contribution in [2.45, 2.75) is 19.5 Å². The van der Waals surface area contributed by atoms with E-state index in [-0.39, 0.29) is 6.03 Å². The van der Waals surface area contributed by atoms with Crippen molar-refractivity contribution in [1.82, 2.24) is 20.8 Å². The molecule has 2 heterocycles. The van der Waals surface area contributed by atoms with Crippen LogP contribution in [0.4, 0.5) is 10.5 Å². The molecular formula is C21H21N5O2. The largest absolute Gasteiger partial charge is 0.438 e. The molecule has 142 valence electrons. The molecule has 0 bridgehead atoms. The van der Waals surface area contributed by atoms with Crippen molar-refractivity contribution < 1.29 is 9.53 Å². The Bertz CT molecular complexity index is 945. The van der Waals surface area contributed by atoms with Crippen LogP contribution in [0.3, 0.4) is 0 Å². The maximum absolute atomic E-state index is 12.2. The van der Waals surface area contributed by atoms with Gasteiger partial charge in [0.05, 0.1) is 0 Å². The molecule has 0 spiro atoms. The SMILES string of the molecule is O=C(NCc1cccc2c1CCNC2)Nc1ccc(Oc2cccnn2)cc1. The lowest BCUT2D eigenvalue weighted by Gasteiger charge is -2.20. The summed E-state index contributed by atoms with van der Waals surface area (Å²) in [7, 11) is 0. The maximum atomic E-state index is 12.2. The van der Waals surface area contributed by atoms with Crippen molar-refractivity contribution in [3.8, 4) is 11.6 Å². The molecule has 0 atom stereocenters. The molecule has 7 nitrogen and oxygen atoms in total. The van der Waals surface area contributed by atoms with Crippen LogP contribution in [0.5, 0.6) is 11.6 Å². The average Bonchev–Trinajstić information content (AvgIpc) is 2.74. The first kappa shape index (κ1) is 17.9. The zero-order chi connectivity index (χ0) is 19.2. The van der Waals surface area contributed by atoms with Gasteiger partial charge in [-0.25, -0.2) is 4.79 Å². The Labute approximate surface area is 163 Å². The van der Waals surface area contributed by atoms with Crippen LogP contribution in [-0.2, 0) is 19.5 Å². The number of benzene rings is 2.